The Morgan fingerprint density at radius 1 is 0.586 bits per heavy atom. The van der Waals surface area contributed by atoms with Crippen LogP contribution in [0.5, 0.6) is 0 Å². The minimum atomic E-state index is -0.751. The number of rotatable bonds is 22. The van der Waals surface area contributed by atoms with Crippen LogP contribution < -0.4 is 0 Å². The Morgan fingerprint density at radius 3 is 1.45 bits per heavy atom. The SMILES string of the molecule is CCCCCCCCCCCC=C(CCCCCCCCCCC(=O)O)C(=O)O. The van der Waals surface area contributed by atoms with Crippen LogP contribution >= 0.6 is 0 Å². The smallest absolute Gasteiger partial charge is 0.331 e. The summed E-state index contributed by atoms with van der Waals surface area (Å²) in [4.78, 5) is 21.8. The van der Waals surface area contributed by atoms with E-state index in [9.17, 15) is 14.7 Å². The number of hydrogen-bond donors (Lipinski definition) is 2. The van der Waals surface area contributed by atoms with Crippen LogP contribution in [0.3, 0.4) is 0 Å². The number of aliphatic carboxylic acids is 2. The van der Waals surface area contributed by atoms with Crippen LogP contribution in [0.25, 0.3) is 0 Å². The Kier molecular flexibility index (Phi) is 20.4. The van der Waals surface area contributed by atoms with E-state index in [1.165, 1.54) is 51.4 Å². The quantitative estimate of drug-likeness (QED) is 0.140. The van der Waals surface area contributed by atoms with Gasteiger partial charge in [0.1, 0.15) is 0 Å². The molecule has 0 fully saturated rings. The second kappa shape index (κ2) is 21.4. The topological polar surface area (TPSA) is 74.6 Å². The summed E-state index contributed by atoms with van der Waals surface area (Å²) in [5, 5.41) is 18.0. The van der Waals surface area contributed by atoms with Gasteiger partial charge >= 0.3 is 11.9 Å². The van der Waals surface area contributed by atoms with Crippen LogP contribution in [0, 0.1) is 0 Å². The van der Waals surface area contributed by atoms with Crippen LogP contribution in [0.1, 0.15) is 135 Å². The van der Waals surface area contributed by atoms with Crippen molar-refractivity contribution in [3.63, 3.8) is 0 Å². The van der Waals surface area contributed by atoms with Gasteiger partial charge < -0.3 is 10.2 Å². The predicted molar refractivity (Wildman–Crippen MR) is 121 cm³/mol. The van der Waals surface area contributed by atoms with Gasteiger partial charge in [-0.3, -0.25) is 4.79 Å². The number of carboxylic acid groups (broad SMARTS) is 2. The molecule has 29 heavy (non-hydrogen) atoms. The molecule has 0 bridgehead atoms. The first-order chi connectivity index (χ1) is 14.1. The Bertz CT molecular complexity index is 429. The fourth-order valence-corrected chi connectivity index (χ4v) is 3.68. The molecule has 4 nitrogen and oxygen atoms in total. The van der Waals surface area contributed by atoms with Crippen molar-refractivity contribution < 1.29 is 19.8 Å². The largest absolute Gasteiger partial charge is 0.481 e. The van der Waals surface area contributed by atoms with E-state index >= 15 is 0 Å². The Hall–Kier alpha value is -1.32. The fraction of sp³-hybridized carbons (Fsp3) is 0.840. The molecule has 2 N–H and O–H groups in total. The van der Waals surface area contributed by atoms with Crippen molar-refractivity contribution in [2.45, 2.75) is 135 Å². The second-order valence-electron chi connectivity index (χ2n) is 8.37. The molecule has 170 valence electrons. The number of allylic oxidation sites excluding steroid dienone is 1. The molecule has 0 aliphatic rings. The van der Waals surface area contributed by atoms with Crippen molar-refractivity contribution in [1.82, 2.24) is 0 Å². The highest BCUT2D eigenvalue weighted by atomic mass is 16.4. The predicted octanol–water partition coefficient (Wildman–Crippen LogP) is 7.90. The fourth-order valence-electron chi connectivity index (χ4n) is 3.68. The summed E-state index contributed by atoms with van der Waals surface area (Å²) < 4.78 is 0. The summed E-state index contributed by atoms with van der Waals surface area (Å²) in [6.07, 6.45) is 23.8. The second-order valence-corrected chi connectivity index (χ2v) is 8.37. The third kappa shape index (κ3) is 21.2. The van der Waals surface area contributed by atoms with Gasteiger partial charge in [-0.15, -0.1) is 0 Å². The van der Waals surface area contributed by atoms with E-state index < -0.39 is 11.9 Å². The van der Waals surface area contributed by atoms with Gasteiger partial charge in [0.25, 0.3) is 0 Å². The van der Waals surface area contributed by atoms with Gasteiger partial charge in [-0.2, -0.15) is 0 Å². The molecule has 0 saturated heterocycles. The zero-order valence-electron chi connectivity index (χ0n) is 18.9. The Balaban J connectivity index is 3.59. The third-order valence-corrected chi connectivity index (χ3v) is 5.56. The van der Waals surface area contributed by atoms with Gasteiger partial charge in [-0.05, 0) is 32.1 Å². The standard InChI is InChI=1S/C25H46O4/c1-2-3-4-5-6-7-8-11-14-17-20-23(25(28)29)21-18-15-12-9-10-13-16-19-22-24(26)27/h20H,2-19,21-22H2,1H3,(H,26,27)(H,28,29). The summed E-state index contributed by atoms with van der Waals surface area (Å²) >= 11 is 0. The maximum atomic E-state index is 11.4. The monoisotopic (exact) mass is 410 g/mol. The molecule has 0 aromatic carbocycles. The molecule has 0 unspecified atom stereocenters. The molecule has 0 spiro atoms. The minimum Gasteiger partial charge on any atom is -0.481 e. The molecule has 0 aromatic rings. The van der Waals surface area contributed by atoms with E-state index in [-0.39, 0.29) is 6.42 Å². The maximum Gasteiger partial charge on any atom is 0.331 e. The molecule has 0 aliphatic carbocycles. The van der Waals surface area contributed by atoms with Gasteiger partial charge in [0.05, 0.1) is 0 Å². The average Bonchev–Trinajstić information content (AvgIpc) is 2.68. The molecule has 4 heteroatoms. The molecule has 0 saturated carbocycles. The average molecular weight is 411 g/mol. The van der Waals surface area contributed by atoms with E-state index in [1.807, 2.05) is 6.08 Å². The molecular weight excluding hydrogens is 364 g/mol. The normalized spacial score (nSPS) is 11.7. The Labute approximate surface area is 179 Å². The lowest BCUT2D eigenvalue weighted by atomic mass is 10.0. The van der Waals surface area contributed by atoms with Crippen LogP contribution in [-0.4, -0.2) is 22.2 Å². The first-order valence-corrected chi connectivity index (χ1v) is 12.2. The lowest BCUT2D eigenvalue weighted by molar-refractivity contribution is -0.137. The summed E-state index contributed by atoms with van der Waals surface area (Å²) in [7, 11) is 0. The zero-order chi connectivity index (χ0) is 21.6. The van der Waals surface area contributed by atoms with Gasteiger partial charge in [-0.1, -0.05) is 103 Å². The zero-order valence-corrected chi connectivity index (χ0v) is 18.9. The lowest BCUT2D eigenvalue weighted by Gasteiger charge is -2.04. The molecule has 0 heterocycles. The van der Waals surface area contributed by atoms with Gasteiger partial charge in [-0.25, -0.2) is 4.79 Å². The molecule has 0 amide bonds. The lowest BCUT2D eigenvalue weighted by Crippen LogP contribution is -2.00. The van der Waals surface area contributed by atoms with Crippen molar-refractivity contribution in [3.8, 4) is 0 Å². The maximum absolute atomic E-state index is 11.4. The molecular formula is C25H46O4. The van der Waals surface area contributed by atoms with Gasteiger partial charge in [0, 0.05) is 12.0 Å². The Morgan fingerprint density at radius 2 is 1.00 bits per heavy atom. The highest BCUT2D eigenvalue weighted by molar-refractivity contribution is 5.86. The summed E-state index contributed by atoms with van der Waals surface area (Å²) in [6.45, 7) is 2.24. The number of carbonyl (C=O) groups is 2. The van der Waals surface area contributed by atoms with E-state index in [0.717, 1.165) is 64.2 Å². The van der Waals surface area contributed by atoms with E-state index in [0.29, 0.717) is 12.0 Å². The molecule has 0 aromatic heterocycles. The van der Waals surface area contributed by atoms with E-state index in [1.54, 1.807) is 0 Å². The minimum absolute atomic E-state index is 0.281. The van der Waals surface area contributed by atoms with Crippen molar-refractivity contribution >= 4 is 11.9 Å². The van der Waals surface area contributed by atoms with Crippen molar-refractivity contribution in [1.29, 1.82) is 0 Å². The molecule has 0 aliphatic heterocycles. The first kappa shape index (κ1) is 27.7. The van der Waals surface area contributed by atoms with E-state index in [4.69, 9.17) is 5.11 Å². The van der Waals surface area contributed by atoms with Crippen LogP contribution in [-0.2, 0) is 9.59 Å². The van der Waals surface area contributed by atoms with Crippen molar-refractivity contribution in [3.05, 3.63) is 11.6 Å². The van der Waals surface area contributed by atoms with Gasteiger partial charge in [0.2, 0.25) is 0 Å². The summed E-state index contributed by atoms with van der Waals surface area (Å²) in [5.74, 6) is -1.45. The molecule has 0 radical (unpaired) electrons. The van der Waals surface area contributed by atoms with Crippen LogP contribution in [0.15, 0.2) is 11.6 Å². The summed E-state index contributed by atoms with van der Waals surface area (Å²) in [5.41, 5.74) is 0.596. The number of carboxylic acids is 2. The van der Waals surface area contributed by atoms with Crippen LogP contribution in [0.4, 0.5) is 0 Å². The highest BCUT2D eigenvalue weighted by Crippen LogP contribution is 2.16. The first-order valence-electron chi connectivity index (χ1n) is 12.2. The van der Waals surface area contributed by atoms with E-state index in [2.05, 4.69) is 6.92 Å². The van der Waals surface area contributed by atoms with Crippen LogP contribution in [0.2, 0.25) is 0 Å². The van der Waals surface area contributed by atoms with Crippen molar-refractivity contribution in [2.24, 2.45) is 0 Å². The number of unbranched alkanes of at least 4 members (excludes halogenated alkanes) is 16. The third-order valence-electron chi connectivity index (χ3n) is 5.56. The number of hydrogen-bond acceptors (Lipinski definition) is 2. The summed E-state index contributed by atoms with van der Waals surface area (Å²) in [6, 6.07) is 0. The van der Waals surface area contributed by atoms with Gasteiger partial charge in [0.15, 0.2) is 0 Å². The van der Waals surface area contributed by atoms with Crippen molar-refractivity contribution in [2.75, 3.05) is 0 Å². The highest BCUT2D eigenvalue weighted by Gasteiger charge is 2.06. The molecule has 0 rings (SSSR count). The molecule has 0 atom stereocenters.